The summed E-state index contributed by atoms with van der Waals surface area (Å²) >= 11 is 3.34. The molecule has 1 saturated heterocycles. The minimum absolute atomic E-state index is 0.0869. The summed E-state index contributed by atoms with van der Waals surface area (Å²) in [6.07, 6.45) is 0.203. The third-order valence-corrected chi connectivity index (χ3v) is 4.92. The quantitative estimate of drug-likeness (QED) is 0.714. The highest BCUT2D eigenvalue weighted by molar-refractivity contribution is 9.10. The Balaban J connectivity index is 1.53. The van der Waals surface area contributed by atoms with E-state index in [1.807, 2.05) is 12.1 Å². The lowest BCUT2D eigenvalue weighted by molar-refractivity contribution is -0.125. The fourth-order valence-electron chi connectivity index (χ4n) is 2.94. The topological polar surface area (TPSA) is 87.7 Å². The van der Waals surface area contributed by atoms with E-state index in [4.69, 9.17) is 4.74 Å². The molecule has 1 aliphatic rings. The molecule has 3 amide bonds. The first-order valence-electron chi connectivity index (χ1n) is 8.76. The fraction of sp³-hybridized carbons (Fsp3) is 0.250. The van der Waals surface area contributed by atoms with Gasteiger partial charge in [0.05, 0.1) is 5.92 Å². The van der Waals surface area contributed by atoms with E-state index in [1.54, 1.807) is 48.3 Å². The van der Waals surface area contributed by atoms with Crippen molar-refractivity contribution < 1.29 is 19.1 Å². The van der Waals surface area contributed by atoms with Crippen molar-refractivity contribution in [1.82, 2.24) is 5.32 Å². The second-order valence-electron chi connectivity index (χ2n) is 6.36. The summed E-state index contributed by atoms with van der Waals surface area (Å²) in [5.74, 6) is -0.307. The molecule has 8 heteroatoms. The van der Waals surface area contributed by atoms with Crippen molar-refractivity contribution in [1.29, 1.82) is 0 Å². The van der Waals surface area contributed by atoms with Gasteiger partial charge >= 0.3 is 0 Å². The number of halogens is 1. The second kappa shape index (κ2) is 8.88. The van der Waals surface area contributed by atoms with Crippen LogP contribution in [0.25, 0.3) is 0 Å². The zero-order valence-electron chi connectivity index (χ0n) is 15.3. The van der Waals surface area contributed by atoms with Crippen LogP contribution in [0.1, 0.15) is 6.42 Å². The maximum atomic E-state index is 12.2. The average Bonchev–Trinajstić information content (AvgIpc) is 3.09. The molecule has 0 aliphatic carbocycles. The number of nitrogens with one attached hydrogen (secondary N) is 2. The maximum Gasteiger partial charge on any atom is 0.262 e. The van der Waals surface area contributed by atoms with Gasteiger partial charge in [0, 0.05) is 35.9 Å². The van der Waals surface area contributed by atoms with Crippen molar-refractivity contribution in [3.05, 3.63) is 53.0 Å². The standard InChI is InChI=1S/C20H20BrN3O4/c1-22-20(27)13-10-19(26)24(11-13)16-6-8-17(9-7-16)28-12-18(25)23-15-4-2-14(21)3-5-15/h2-9,13H,10-12H2,1H3,(H,22,27)(H,23,25)/t13-/m0/s1. The molecule has 1 atom stereocenters. The van der Waals surface area contributed by atoms with Crippen LogP contribution in [-0.4, -0.2) is 37.9 Å². The molecule has 28 heavy (non-hydrogen) atoms. The zero-order chi connectivity index (χ0) is 20.1. The van der Waals surface area contributed by atoms with Crippen LogP contribution < -0.4 is 20.3 Å². The van der Waals surface area contributed by atoms with Gasteiger partial charge in [-0.25, -0.2) is 0 Å². The number of nitrogens with zero attached hydrogens (tertiary/aromatic N) is 1. The van der Waals surface area contributed by atoms with Crippen molar-refractivity contribution in [3.63, 3.8) is 0 Å². The lowest BCUT2D eigenvalue weighted by Gasteiger charge is -2.17. The highest BCUT2D eigenvalue weighted by atomic mass is 79.9. The van der Waals surface area contributed by atoms with Gasteiger partial charge in [0.2, 0.25) is 11.8 Å². The van der Waals surface area contributed by atoms with E-state index in [-0.39, 0.29) is 36.7 Å². The van der Waals surface area contributed by atoms with Crippen LogP contribution in [0.4, 0.5) is 11.4 Å². The highest BCUT2D eigenvalue weighted by Crippen LogP contribution is 2.27. The van der Waals surface area contributed by atoms with E-state index in [2.05, 4.69) is 26.6 Å². The summed E-state index contributed by atoms with van der Waals surface area (Å²) < 4.78 is 6.43. The monoisotopic (exact) mass is 445 g/mol. The van der Waals surface area contributed by atoms with Crippen LogP contribution in [0, 0.1) is 5.92 Å². The molecule has 0 unspecified atom stereocenters. The van der Waals surface area contributed by atoms with E-state index in [0.717, 1.165) is 4.47 Å². The first-order valence-corrected chi connectivity index (χ1v) is 9.56. The Morgan fingerprint density at radius 3 is 2.46 bits per heavy atom. The normalized spacial score (nSPS) is 16.0. The van der Waals surface area contributed by atoms with Gasteiger partial charge in [0.25, 0.3) is 5.91 Å². The van der Waals surface area contributed by atoms with Crippen LogP contribution in [0.3, 0.4) is 0 Å². The fourth-order valence-corrected chi connectivity index (χ4v) is 3.20. The van der Waals surface area contributed by atoms with Crippen molar-refractivity contribution in [3.8, 4) is 5.75 Å². The number of rotatable bonds is 6. The minimum atomic E-state index is -0.337. The number of amides is 3. The van der Waals surface area contributed by atoms with Crippen LogP contribution >= 0.6 is 15.9 Å². The number of ether oxygens (including phenoxy) is 1. The summed E-state index contributed by atoms with van der Waals surface area (Å²) in [6.45, 7) is 0.227. The molecule has 2 N–H and O–H groups in total. The third-order valence-electron chi connectivity index (χ3n) is 4.39. The lowest BCUT2D eigenvalue weighted by atomic mass is 10.1. The van der Waals surface area contributed by atoms with Crippen LogP contribution in [-0.2, 0) is 14.4 Å². The van der Waals surface area contributed by atoms with Crippen LogP contribution in [0.5, 0.6) is 5.75 Å². The molecule has 2 aromatic carbocycles. The number of hydrogen-bond donors (Lipinski definition) is 2. The van der Waals surface area contributed by atoms with Crippen molar-refractivity contribution in [2.45, 2.75) is 6.42 Å². The Bertz CT molecular complexity index is 868. The Kier molecular flexibility index (Phi) is 6.30. The number of carbonyl (C=O) groups is 3. The molecular formula is C20H20BrN3O4. The third kappa shape index (κ3) is 4.89. The molecule has 7 nitrogen and oxygen atoms in total. The van der Waals surface area contributed by atoms with Gasteiger partial charge in [-0.1, -0.05) is 15.9 Å². The van der Waals surface area contributed by atoms with Gasteiger partial charge in [0.15, 0.2) is 6.61 Å². The summed E-state index contributed by atoms with van der Waals surface area (Å²) in [4.78, 5) is 37.5. The van der Waals surface area contributed by atoms with E-state index in [0.29, 0.717) is 23.7 Å². The zero-order valence-corrected chi connectivity index (χ0v) is 16.9. The Hall–Kier alpha value is -2.87. The van der Waals surface area contributed by atoms with Crippen molar-refractivity contribution in [2.24, 2.45) is 5.92 Å². The molecule has 0 aromatic heterocycles. The molecule has 0 saturated carbocycles. The predicted octanol–water partition coefficient (Wildman–Crippen LogP) is 2.57. The molecule has 1 aliphatic heterocycles. The van der Waals surface area contributed by atoms with E-state index >= 15 is 0 Å². The number of carbonyl (C=O) groups excluding carboxylic acids is 3. The number of benzene rings is 2. The highest BCUT2D eigenvalue weighted by Gasteiger charge is 2.34. The first kappa shape index (κ1) is 19.9. The lowest BCUT2D eigenvalue weighted by Crippen LogP contribution is -2.30. The van der Waals surface area contributed by atoms with Crippen molar-refractivity contribution >= 4 is 45.0 Å². The van der Waals surface area contributed by atoms with E-state index in [9.17, 15) is 14.4 Å². The smallest absolute Gasteiger partial charge is 0.262 e. The molecule has 0 radical (unpaired) electrons. The minimum Gasteiger partial charge on any atom is -0.484 e. The molecule has 3 rings (SSSR count). The number of anilines is 2. The maximum absolute atomic E-state index is 12.2. The van der Waals surface area contributed by atoms with Gasteiger partial charge < -0.3 is 20.3 Å². The van der Waals surface area contributed by atoms with Gasteiger partial charge in [-0.15, -0.1) is 0 Å². The Morgan fingerprint density at radius 1 is 1.14 bits per heavy atom. The number of hydrogen-bond acceptors (Lipinski definition) is 4. The molecule has 0 spiro atoms. The first-order chi connectivity index (χ1) is 13.5. The van der Waals surface area contributed by atoms with E-state index < -0.39 is 0 Å². The molecule has 2 aromatic rings. The largest absolute Gasteiger partial charge is 0.484 e. The van der Waals surface area contributed by atoms with Gasteiger partial charge in [0.1, 0.15) is 5.75 Å². The van der Waals surface area contributed by atoms with Gasteiger partial charge in [-0.3, -0.25) is 14.4 Å². The summed E-state index contributed by atoms with van der Waals surface area (Å²) in [6, 6.07) is 14.1. The van der Waals surface area contributed by atoms with Crippen molar-refractivity contribution in [2.75, 3.05) is 30.4 Å². The Morgan fingerprint density at radius 2 is 1.82 bits per heavy atom. The van der Waals surface area contributed by atoms with Crippen LogP contribution in [0.15, 0.2) is 53.0 Å². The molecular weight excluding hydrogens is 426 g/mol. The Labute approximate surface area is 171 Å². The predicted molar refractivity (Wildman–Crippen MR) is 109 cm³/mol. The molecule has 146 valence electrons. The average molecular weight is 446 g/mol. The molecule has 0 bridgehead atoms. The second-order valence-corrected chi connectivity index (χ2v) is 7.27. The summed E-state index contributed by atoms with van der Waals surface area (Å²) in [7, 11) is 1.56. The summed E-state index contributed by atoms with van der Waals surface area (Å²) in [5, 5.41) is 5.32. The molecule has 1 fully saturated rings. The van der Waals surface area contributed by atoms with Crippen LogP contribution in [0.2, 0.25) is 0 Å². The van der Waals surface area contributed by atoms with Gasteiger partial charge in [-0.05, 0) is 48.5 Å². The van der Waals surface area contributed by atoms with Gasteiger partial charge in [-0.2, -0.15) is 0 Å². The molecule has 1 heterocycles. The van der Waals surface area contributed by atoms with E-state index in [1.165, 1.54) is 0 Å². The SMILES string of the molecule is CNC(=O)[C@H]1CC(=O)N(c2ccc(OCC(=O)Nc3ccc(Br)cc3)cc2)C1. The summed E-state index contributed by atoms with van der Waals surface area (Å²) in [5.41, 5.74) is 1.38.